The minimum Gasteiger partial charge on any atom is -0.301 e. The maximum absolute atomic E-state index is 4.68. The van der Waals surface area contributed by atoms with E-state index in [-0.39, 0.29) is 0 Å². The Kier molecular flexibility index (Phi) is 2.62. The molecule has 1 aromatic heterocycles. The molecule has 0 atom stereocenters. The Labute approximate surface area is 117 Å². The van der Waals surface area contributed by atoms with Crippen LogP contribution in [0.2, 0.25) is 0 Å². The van der Waals surface area contributed by atoms with Crippen LogP contribution in [0.5, 0.6) is 0 Å². The zero-order valence-corrected chi connectivity index (χ0v) is 11.1. The van der Waals surface area contributed by atoms with Crippen LogP contribution in [0, 0.1) is 0 Å². The third-order valence-corrected chi connectivity index (χ3v) is 3.60. The standard InChI is InChI=1S/C15H15N5/c1-2-6-12(7-3-1)13-10-14-17-11-19-9-5-4-8-16-15(19)20(14)18-13/h1-3,6-7,10-11H,4-5,8-9H2. The summed E-state index contributed by atoms with van der Waals surface area (Å²) in [6.07, 6.45) is 4.13. The fourth-order valence-electron chi connectivity index (χ4n) is 2.55. The summed E-state index contributed by atoms with van der Waals surface area (Å²) in [5, 5.41) is 4.68. The zero-order chi connectivity index (χ0) is 13.4. The molecule has 0 radical (unpaired) electrons. The highest BCUT2D eigenvalue weighted by molar-refractivity contribution is 5.96. The Morgan fingerprint density at radius 3 is 2.85 bits per heavy atom. The third kappa shape index (κ3) is 1.82. The van der Waals surface area contributed by atoms with E-state index in [2.05, 4.69) is 32.1 Å². The van der Waals surface area contributed by atoms with Crippen molar-refractivity contribution >= 4 is 18.1 Å². The van der Waals surface area contributed by atoms with E-state index in [9.17, 15) is 0 Å². The molecule has 0 amide bonds. The second-order valence-electron chi connectivity index (χ2n) is 4.99. The van der Waals surface area contributed by atoms with E-state index in [0.29, 0.717) is 0 Å². The van der Waals surface area contributed by atoms with Crippen LogP contribution in [-0.2, 0) is 0 Å². The number of benzene rings is 1. The van der Waals surface area contributed by atoms with Crippen LogP contribution in [-0.4, -0.2) is 40.1 Å². The van der Waals surface area contributed by atoms with Crippen molar-refractivity contribution in [3.8, 4) is 11.3 Å². The Hall–Kier alpha value is -2.43. The maximum Gasteiger partial charge on any atom is 0.229 e. The molecule has 5 heteroatoms. The number of nitrogens with zero attached hydrogens (tertiary/aromatic N) is 5. The summed E-state index contributed by atoms with van der Waals surface area (Å²) in [6.45, 7) is 1.82. The molecule has 0 spiro atoms. The van der Waals surface area contributed by atoms with E-state index in [0.717, 1.165) is 49.0 Å². The van der Waals surface area contributed by atoms with Gasteiger partial charge >= 0.3 is 0 Å². The van der Waals surface area contributed by atoms with E-state index in [1.807, 2.05) is 35.3 Å². The van der Waals surface area contributed by atoms with Crippen molar-refractivity contribution in [2.24, 2.45) is 9.98 Å². The summed E-state index contributed by atoms with van der Waals surface area (Å²) in [5.41, 5.74) is 2.04. The first-order valence-electron chi connectivity index (χ1n) is 6.93. The molecule has 2 aromatic rings. The highest BCUT2D eigenvalue weighted by Crippen LogP contribution is 2.26. The van der Waals surface area contributed by atoms with Gasteiger partial charge in [-0.3, -0.25) is 4.99 Å². The van der Waals surface area contributed by atoms with E-state index in [1.54, 1.807) is 0 Å². The molecule has 1 aromatic carbocycles. The molecule has 3 heterocycles. The smallest absolute Gasteiger partial charge is 0.229 e. The number of rotatable bonds is 1. The van der Waals surface area contributed by atoms with Gasteiger partial charge in [0.25, 0.3) is 0 Å². The quantitative estimate of drug-likeness (QED) is 0.795. The molecule has 4 rings (SSSR count). The molecule has 2 aliphatic heterocycles. The molecule has 0 saturated heterocycles. The van der Waals surface area contributed by atoms with Gasteiger partial charge in [0.05, 0.1) is 12.0 Å². The van der Waals surface area contributed by atoms with Crippen LogP contribution in [0.3, 0.4) is 0 Å². The molecule has 100 valence electrons. The third-order valence-electron chi connectivity index (χ3n) is 3.60. The molecular weight excluding hydrogens is 250 g/mol. The van der Waals surface area contributed by atoms with Crippen LogP contribution in [0.1, 0.15) is 12.8 Å². The molecule has 0 N–H and O–H groups in total. The summed E-state index contributed by atoms with van der Waals surface area (Å²) in [4.78, 5) is 11.2. The van der Waals surface area contributed by atoms with Gasteiger partial charge < -0.3 is 4.90 Å². The van der Waals surface area contributed by atoms with Gasteiger partial charge in [-0.05, 0) is 12.8 Å². The second kappa shape index (κ2) is 4.59. The Morgan fingerprint density at radius 1 is 1.05 bits per heavy atom. The molecule has 0 saturated carbocycles. The summed E-state index contributed by atoms with van der Waals surface area (Å²) >= 11 is 0. The Bertz CT molecular complexity index is 684. The maximum atomic E-state index is 4.68. The van der Waals surface area contributed by atoms with Crippen molar-refractivity contribution < 1.29 is 0 Å². The van der Waals surface area contributed by atoms with Gasteiger partial charge in [-0.1, -0.05) is 30.3 Å². The summed E-state index contributed by atoms with van der Waals surface area (Å²) in [5.74, 6) is 1.75. The van der Waals surface area contributed by atoms with Gasteiger partial charge in [0.15, 0.2) is 5.82 Å². The first kappa shape index (κ1) is 11.4. The normalized spacial score (nSPS) is 17.2. The SMILES string of the molecule is C1=Nc2cc(-c3ccccc3)nn2C2=NCCCCN12. The van der Waals surface area contributed by atoms with Crippen molar-refractivity contribution in [2.75, 3.05) is 13.1 Å². The van der Waals surface area contributed by atoms with E-state index < -0.39 is 0 Å². The molecule has 0 aliphatic carbocycles. The molecule has 0 unspecified atom stereocenters. The van der Waals surface area contributed by atoms with Crippen LogP contribution in [0.15, 0.2) is 46.4 Å². The minimum atomic E-state index is 0.848. The highest BCUT2D eigenvalue weighted by Gasteiger charge is 2.23. The first-order chi connectivity index (χ1) is 9.92. The summed E-state index contributed by atoms with van der Waals surface area (Å²) in [7, 11) is 0. The van der Waals surface area contributed by atoms with Crippen LogP contribution < -0.4 is 0 Å². The largest absolute Gasteiger partial charge is 0.301 e. The predicted molar refractivity (Wildman–Crippen MR) is 79.5 cm³/mol. The number of hydrogen-bond donors (Lipinski definition) is 0. The van der Waals surface area contributed by atoms with Crippen molar-refractivity contribution in [3.63, 3.8) is 0 Å². The molecular formula is C15H15N5. The molecule has 20 heavy (non-hydrogen) atoms. The van der Waals surface area contributed by atoms with Gasteiger partial charge in [-0.25, -0.2) is 4.99 Å². The van der Waals surface area contributed by atoms with E-state index in [1.165, 1.54) is 0 Å². The Morgan fingerprint density at radius 2 is 1.95 bits per heavy atom. The zero-order valence-electron chi connectivity index (χ0n) is 11.1. The van der Waals surface area contributed by atoms with Gasteiger partial charge in [0.1, 0.15) is 0 Å². The average molecular weight is 265 g/mol. The Balaban J connectivity index is 1.80. The number of aliphatic imine (C=N–C) groups is 2. The fraction of sp³-hybridized carbons (Fsp3) is 0.267. The van der Waals surface area contributed by atoms with Crippen molar-refractivity contribution in [2.45, 2.75) is 12.8 Å². The summed E-state index contributed by atoms with van der Waals surface area (Å²) < 4.78 is 1.85. The molecule has 0 fully saturated rings. The van der Waals surface area contributed by atoms with Crippen molar-refractivity contribution in [1.82, 2.24) is 14.7 Å². The van der Waals surface area contributed by atoms with Gasteiger partial charge in [0.2, 0.25) is 5.96 Å². The van der Waals surface area contributed by atoms with Gasteiger partial charge in [-0.15, -0.1) is 0 Å². The number of aromatic nitrogens is 2. The lowest BCUT2D eigenvalue weighted by atomic mass is 10.2. The lowest BCUT2D eigenvalue weighted by Crippen LogP contribution is -2.37. The monoisotopic (exact) mass is 265 g/mol. The average Bonchev–Trinajstić information content (AvgIpc) is 2.79. The lowest BCUT2D eigenvalue weighted by molar-refractivity contribution is 0.566. The predicted octanol–water partition coefficient (Wildman–Crippen LogP) is 2.52. The minimum absolute atomic E-state index is 0.848. The van der Waals surface area contributed by atoms with Gasteiger partial charge in [-0.2, -0.15) is 9.78 Å². The van der Waals surface area contributed by atoms with Crippen LogP contribution in [0.25, 0.3) is 11.3 Å². The van der Waals surface area contributed by atoms with Crippen LogP contribution in [0.4, 0.5) is 5.82 Å². The van der Waals surface area contributed by atoms with E-state index in [4.69, 9.17) is 0 Å². The first-order valence-corrected chi connectivity index (χ1v) is 6.93. The molecule has 5 nitrogen and oxygen atoms in total. The fourth-order valence-corrected chi connectivity index (χ4v) is 2.55. The van der Waals surface area contributed by atoms with Crippen molar-refractivity contribution in [3.05, 3.63) is 36.4 Å². The van der Waals surface area contributed by atoms with E-state index >= 15 is 0 Å². The number of hydrogen-bond acceptors (Lipinski definition) is 4. The second-order valence-corrected chi connectivity index (χ2v) is 4.99. The van der Waals surface area contributed by atoms with Gasteiger partial charge in [0, 0.05) is 24.7 Å². The van der Waals surface area contributed by atoms with Crippen molar-refractivity contribution in [1.29, 1.82) is 0 Å². The topological polar surface area (TPSA) is 45.8 Å². The molecule has 0 bridgehead atoms. The van der Waals surface area contributed by atoms with Crippen LogP contribution >= 0.6 is 0 Å². The summed E-state index contributed by atoms with van der Waals surface area (Å²) in [6, 6.07) is 12.2. The molecule has 2 aliphatic rings. The number of fused-ring (bicyclic) bond motifs is 3. The highest BCUT2D eigenvalue weighted by atomic mass is 15.5. The lowest BCUT2D eigenvalue weighted by Gasteiger charge is -2.23.